The molecule has 0 bridgehead atoms. The minimum Gasteiger partial charge on any atom is -0.370 e. The van der Waals surface area contributed by atoms with E-state index >= 15 is 0 Å². The summed E-state index contributed by atoms with van der Waals surface area (Å²) in [4.78, 5) is 0. The van der Waals surface area contributed by atoms with E-state index < -0.39 is 10.4 Å². The number of hydrogen-bond acceptors (Lipinski definition) is 3. The summed E-state index contributed by atoms with van der Waals surface area (Å²) in [5.41, 5.74) is 0. The SMILES string of the molecule is CCCCCCCCCCCC/C=C/C=C/OS(=O)(=O)O.[Na+]. The molecule has 0 aromatic rings. The molecule has 124 valence electrons. The maximum absolute atomic E-state index is 10.2. The van der Waals surface area contributed by atoms with Gasteiger partial charge in [0.1, 0.15) is 6.26 Å². The Morgan fingerprint density at radius 2 is 1.36 bits per heavy atom. The van der Waals surface area contributed by atoms with Crippen LogP contribution in [0.1, 0.15) is 77.6 Å². The second-order valence-corrected chi connectivity index (χ2v) is 6.30. The van der Waals surface area contributed by atoms with Gasteiger partial charge in [0.15, 0.2) is 0 Å². The molecule has 4 nitrogen and oxygen atoms in total. The predicted octanol–water partition coefficient (Wildman–Crippen LogP) is 2.19. The fraction of sp³-hybridized carbons (Fsp3) is 0.750. The smallest absolute Gasteiger partial charge is 0.370 e. The van der Waals surface area contributed by atoms with Gasteiger partial charge in [0.05, 0.1) is 0 Å². The van der Waals surface area contributed by atoms with Crippen molar-refractivity contribution in [3.8, 4) is 0 Å². The van der Waals surface area contributed by atoms with Crippen LogP contribution in [-0.4, -0.2) is 13.0 Å². The molecule has 0 atom stereocenters. The van der Waals surface area contributed by atoms with Gasteiger partial charge in [-0.2, -0.15) is 8.42 Å². The van der Waals surface area contributed by atoms with Crippen molar-refractivity contribution in [1.82, 2.24) is 0 Å². The third-order valence-corrected chi connectivity index (χ3v) is 3.58. The molecule has 0 aromatic carbocycles. The Morgan fingerprint density at radius 1 is 0.864 bits per heavy atom. The molecule has 0 fully saturated rings. The van der Waals surface area contributed by atoms with Gasteiger partial charge in [0, 0.05) is 0 Å². The normalized spacial score (nSPS) is 11.9. The van der Waals surface area contributed by atoms with E-state index in [4.69, 9.17) is 4.55 Å². The molecule has 0 unspecified atom stereocenters. The van der Waals surface area contributed by atoms with E-state index in [-0.39, 0.29) is 29.6 Å². The molecule has 6 heteroatoms. The van der Waals surface area contributed by atoms with Crippen molar-refractivity contribution in [3.05, 3.63) is 24.5 Å². The van der Waals surface area contributed by atoms with Crippen LogP contribution in [-0.2, 0) is 14.6 Å². The summed E-state index contributed by atoms with van der Waals surface area (Å²) in [5.74, 6) is 0. The van der Waals surface area contributed by atoms with Gasteiger partial charge in [-0.05, 0) is 18.9 Å². The monoisotopic (exact) mass is 341 g/mol. The van der Waals surface area contributed by atoms with E-state index in [0.717, 1.165) is 19.1 Å². The molecule has 0 saturated heterocycles. The van der Waals surface area contributed by atoms with Crippen molar-refractivity contribution in [1.29, 1.82) is 0 Å². The number of hydrogen-bond donors (Lipinski definition) is 1. The summed E-state index contributed by atoms with van der Waals surface area (Å²) in [6.45, 7) is 2.24. The van der Waals surface area contributed by atoms with E-state index in [1.807, 2.05) is 6.08 Å². The van der Waals surface area contributed by atoms with E-state index in [1.165, 1.54) is 63.9 Å². The minimum atomic E-state index is -4.36. The van der Waals surface area contributed by atoms with Crippen LogP contribution in [0, 0.1) is 0 Å². The van der Waals surface area contributed by atoms with Gasteiger partial charge in [-0.15, -0.1) is 0 Å². The Bertz CT molecular complexity index is 378. The molecular formula is C16H30NaO4S+. The zero-order chi connectivity index (χ0) is 15.8. The molecule has 0 radical (unpaired) electrons. The van der Waals surface area contributed by atoms with Gasteiger partial charge < -0.3 is 4.18 Å². The summed E-state index contributed by atoms with van der Waals surface area (Å²) >= 11 is 0. The van der Waals surface area contributed by atoms with Crippen LogP contribution in [0.5, 0.6) is 0 Å². The second-order valence-electron chi connectivity index (χ2n) is 5.25. The van der Waals surface area contributed by atoms with Crippen LogP contribution in [0.15, 0.2) is 24.5 Å². The summed E-state index contributed by atoms with van der Waals surface area (Å²) in [5, 5.41) is 0. The molecule has 0 aliphatic carbocycles. The molecule has 0 heterocycles. The van der Waals surface area contributed by atoms with Crippen molar-refractivity contribution in [2.75, 3.05) is 0 Å². The summed E-state index contributed by atoms with van der Waals surface area (Å²) < 4.78 is 32.8. The van der Waals surface area contributed by atoms with Crippen molar-refractivity contribution in [2.24, 2.45) is 0 Å². The summed E-state index contributed by atoms with van der Waals surface area (Å²) in [6.07, 6.45) is 20.3. The minimum absolute atomic E-state index is 0. The molecular weight excluding hydrogens is 311 g/mol. The standard InChI is InChI=1S/C16H30O4S.Na/c1-2-3-4-5-6-7-8-9-10-11-12-13-14-15-16-20-21(17,18)19;/h13-16H,2-12H2,1H3,(H,17,18,19);/q;+1/b14-13+,16-15+;. The first-order valence-electron chi connectivity index (χ1n) is 8.03. The quantitative estimate of drug-likeness (QED) is 0.173. The van der Waals surface area contributed by atoms with Gasteiger partial charge in [-0.1, -0.05) is 76.9 Å². The third-order valence-electron chi connectivity index (χ3n) is 3.23. The third kappa shape index (κ3) is 22.5. The van der Waals surface area contributed by atoms with Crippen LogP contribution in [0.3, 0.4) is 0 Å². The van der Waals surface area contributed by atoms with Crippen molar-refractivity contribution in [2.45, 2.75) is 77.6 Å². The summed E-state index contributed by atoms with van der Waals surface area (Å²) in [6, 6.07) is 0. The molecule has 0 rings (SSSR count). The van der Waals surface area contributed by atoms with Gasteiger partial charge in [0.2, 0.25) is 0 Å². The number of allylic oxidation sites excluding steroid dienone is 3. The predicted molar refractivity (Wildman–Crippen MR) is 87.4 cm³/mol. The van der Waals surface area contributed by atoms with Crippen molar-refractivity contribution < 1.29 is 46.7 Å². The first-order valence-corrected chi connectivity index (χ1v) is 9.40. The average molecular weight is 341 g/mol. The van der Waals surface area contributed by atoms with Crippen LogP contribution in [0.25, 0.3) is 0 Å². The maximum atomic E-state index is 10.2. The molecule has 0 aliphatic heterocycles. The Kier molecular flexibility index (Phi) is 19.5. The van der Waals surface area contributed by atoms with E-state index in [2.05, 4.69) is 11.1 Å². The largest absolute Gasteiger partial charge is 1.00 e. The first-order chi connectivity index (χ1) is 10.1. The number of unbranched alkanes of at least 4 members (excludes halogenated alkanes) is 10. The molecule has 1 N–H and O–H groups in total. The fourth-order valence-electron chi connectivity index (χ4n) is 2.07. The molecule has 0 aliphatic rings. The van der Waals surface area contributed by atoms with E-state index in [1.54, 1.807) is 6.08 Å². The molecule has 22 heavy (non-hydrogen) atoms. The van der Waals surface area contributed by atoms with Crippen LogP contribution >= 0.6 is 0 Å². The molecule has 0 aromatic heterocycles. The Labute approximate surface area is 158 Å². The fourth-order valence-corrected chi connectivity index (χ4v) is 2.28. The van der Waals surface area contributed by atoms with Gasteiger partial charge in [-0.25, -0.2) is 0 Å². The second kappa shape index (κ2) is 17.5. The Balaban J connectivity index is 0. The van der Waals surface area contributed by atoms with Crippen molar-refractivity contribution >= 4 is 10.4 Å². The number of rotatable bonds is 14. The van der Waals surface area contributed by atoms with Crippen molar-refractivity contribution in [3.63, 3.8) is 0 Å². The average Bonchev–Trinajstić information content (AvgIpc) is 2.42. The van der Waals surface area contributed by atoms with E-state index in [9.17, 15) is 8.42 Å². The summed E-state index contributed by atoms with van der Waals surface area (Å²) in [7, 11) is -4.36. The van der Waals surface area contributed by atoms with Crippen LogP contribution in [0.4, 0.5) is 0 Å². The zero-order valence-electron chi connectivity index (χ0n) is 14.2. The topological polar surface area (TPSA) is 63.6 Å². The molecule has 0 amide bonds. The van der Waals surface area contributed by atoms with Gasteiger partial charge in [0.25, 0.3) is 0 Å². The maximum Gasteiger partial charge on any atom is 1.00 e. The Morgan fingerprint density at radius 3 is 1.86 bits per heavy atom. The van der Waals surface area contributed by atoms with Crippen LogP contribution in [0.2, 0.25) is 0 Å². The van der Waals surface area contributed by atoms with E-state index in [0.29, 0.717) is 0 Å². The van der Waals surface area contributed by atoms with Gasteiger partial charge in [-0.3, -0.25) is 4.55 Å². The van der Waals surface area contributed by atoms with Gasteiger partial charge >= 0.3 is 40.0 Å². The molecule has 0 spiro atoms. The Hall–Kier alpha value is 0.190. The first kappa shape index (κ1) is 24.4. The zero-order valence-corrected chi connectivity index (χ0v) is 17.0. The molecule has 0 saturated carbocycles. The van der Waals surface area contributed by atoms with Crippen LogP contribution < -0.4 is 29.6 Å².